The third-order valence-corrected chi connectivity index (χ3v) is 6.77. The van der Waals surface area contributed by atoms with Crippen LogP contribution in [0.25, 0.3) is 0 Å². The van der Waals surface area contributed by atoms with Crippen LogP contribution in [0.15, 0.2) is 30.3 Å². The lowest BCUT2D eigenvalue weighted by Gasteiger charge is -2.27. The van der Waals surface area contributed by atoms with Crippen molar-refractivity contribution in [3.05, 3.63) is 47.2 Å². The summed E-state index contributed by atoms with van der Waals surface area (Å²) in [6.07, 6.45) is 0.590. The molecule has 2 aromatic rings. The fraction of sp³-hybridized carbons (Fsp3) is 0.421. The summed E-state index contributed by atoms with van der Waals surface area (Å²) < 4.78 is 23.5. The van der Waals surface area contributed by atoms with Gasteiger partial charge in [-0.3, -0.25) is 4.79 Å². The van der Waals surface area contributed by atoms with Crippen molar-refractivity contribution in [2.24, 2.45) is 0 Å². The first-order valence-corrected chi connectivity index (χ1v) is 10.8. The van der Waals surface area contributed by atoms with Gasteiger partial charge in [0, 0.05) is 18.3 Å². The number of carbonyl (C=O) groups excluding carboxylic acids is 1. The Bertz CT molecular complexity index is 942. The van der Waals surface area contributed by atoms with E-state index in [-0.39, 0.29) is 29.1 Å². The number of nitrogens with one attached hydrogen (secondary N) is 1. The fourth-order valence-electron chi connectivity index (χ4n) is 3.30. The highest BCUT2D eigenvalue weighted by atomic mass is 32.2. The van der Waals surface area contributed by atoms with Crippen LogP contribution in [0.2, 0.25) is 0 Å². The van der Waals surface area contributed by atoms with Gasteiger partial charge >= 0.3 is 0 Å². The Morgan fingerprint density at radius 3 is 2.59 bits per heavy atom. The summed E-state index contributed by atoms with van der Waals surface area (Å²) in [5, 5.41) is 11.1. The summed E-state index contributed by atoms with van der Waals surface area (Å²) in [5.74, 6) is 0.604. The van der Waals surface area contributed by atoms with E-state index in [0.717, 1.165) is 16.8 Å². The topological polar surface area (TPSA) is 92.3 Å². The number of hydrogen-bond donors (Lipinski definition) is 1. The smallest absolute Gasteiger partial charge is 0.276 e. The van der Waals surface area contributed by atoms with Crippen LogP contribution < -0.4 is 10.2 Å². The minimum absolute atomic E-state index is 0.0936. The molecule has 1 saturated heterocycles. The van der Waals surface area contributed by atoms with Crippen LogP contribution in [-0.4, -0.2) is 48.6 Å². The second-order valence-electron chi connectivity index (χ2n) is 6.82. The third-order valence-electron chi connectivity index (χ3n) is 5.02. The van der Waals surface area contributed by atoms with Gasteiger partial charge in [-0.25, -0.2) is 8.42 Å². The number of amides is 1. The highest BCUT2D eigenvalue weighted by molar-refractivity contribution is 7.91. The normalized spacial score (nSPS) is 18.3. The molecule has 1 aromatic carbocycles. The van der Waals surface area contributed by atoms with Crippen molar-refractivity contribution in [2.75, 3.05) is 28.3 Å². The maximum atomic E-state index is 12.5. The maximum Gasteiger partial charge on any atom is 0.276 e. The van der Waals surface area contributed by atoms with Crippen molar-refractivity contribution in [3.8, 4) is 0 Å². The van der Waals surface area contributed by atoms with Crippen LogP contribution in [0.5, 0.6) is 0 Å². The molecule has 0 aliphatic carbocycles. The molecule has 144 valence electrons. The van der Waals surface area contributed by atoms with Crippen LogP contribution >= 0.6 is 0 Å². The minimum Gasteiger partial charge on any atom is -0.351 e. The molecule has 1 aliphatic rings. The van der Waals surface area contributed by atoms with E-state index in [4.69, 9.17) is 0 Å². The molecule has 1 aromatic heterocycles. The first-order valence-electron chi connectivity index (χ1n) is 8.99. The number of sulfone groups is 1. The predicted molar refractivity (Wildman–Crippen MR) is 106 cm³/mol. The Hall–Kier alpha value is -2.48. The zero-order valence-corrected chi connectivity index (χ0v) is 16.6. The molecule has 27 heavy (non-hydrogen) atoms. The summed E-state index contributed by atoms with van der Waals surface area (Å²) in [4.78, 5) is 14.4. The van der Waals surface area contributed by atoms with Crippen molar-refractivity contribution in [1.29, 1.82) is 0 Å². The lowest BCUT2D eigenvalue weighted by Crippen LogP contribution is -2.37. The van der Waals surface area contributed by atoms with E-state index in [1.807, 2.05) is 43.9 Å². The summed E-state index contributed by atoms with van der Waals surface area (Å²) in [6, 6.07) is 8.98. The fourth-order valence-corrected chi connectivity index (χ4v) is 5.03. The monoisotopic (exact) mass is 388 g/mol. The number of anilines is 2. The largest absolute Gasteiger partial charge is 0.351 e. The lowest BCUT2D eigenvalue weighted by molar-refractivity contribution is 0.102. The number of nitrogens with zero attached hydrogens (tertiary/aromatic N) is 3. The van der Waals surface area contributed by atoms with Crippen LogP contribution in [0.1, 0.15) is 35.0 Å². The molecule has 0 saturated carbocycles. The first-order chi connectivity index (χ1) is 12.8. The molecule has 8 heteroatoms. The van der Waals surface area contributed by atoms with Crippen LogP contribution in [-0.2, 0) is 9.84 Å². The number of aryl methyl sites for hydroxylation is 1. The second kappa shape index (κ2) is 7.64. The molecular formula is C19H24N4O3S. The van der Waals surface area contributed by atoms with Gasteiger partial charge in [-0.2, -0.15) is 0 Å². The van der Waals surface area contributed by atoms with Gasteiger partial charge < -0.3 is 10.2 Å². The molecule has 1 atom stereocenters. The highest BCUT2D eigenvalue weighted by Gasteiger charge is 2.32. The molecule has 1 amide bonds. The van der Waals surface area contributed by atoms with Gasteiger partial charge in [0.1, 0.15) is 0 Å². The van der Waals surface area contributed by atoms with Gasteiger partial charge in [0.2, 0.25) is 0 Å². The molecule has 7 nitrogen and oxygen atoms in total. The SMILES string of the molecule is CCN(c1ccc(C(=O)Nc2cccc(C)c2C)nn1)C1CCS(=O)(=O)C1. The van der Waals surface area contributed by atoms with E-state index in [9.17, 15) is 13.2 Å². The summed E-state index contributed by atoms with van der Waals surface area (Å²) in [5.41, 5.74) is 3.07. The first kappa shape index (κ1) is 19.3. The highest BCUT2D eigenvalue weighted by Crippen LogP contribution is 2.23. The van der Waals surface area contributed by atoms with Crippen molar-refractivity contribution in [1.82, 2.24) is 10.2 Å². The van der Waals surface area contributed by atoms with Crippen molar-refractivity contribution in [3.63, 3.8) is 0 Å². The molecule has 0 bridgehead atoms. The predicted octanol–water partition coefficient (Wildman–Crippen LogP) is 2.36. The van der Waals surface area contributed by atoms with E-state index in [1.54, 1.807) is 12.1 Å². The average Bonchev–Trinajstić information content (AvgIpc) is 2.99. The maximum absolute atomic E-state index is 12.5. The second-order valence-corrected chi connectivity index (χ2v) is 9.05. The van der Waals surface area contributed by atoms with Gasteiger partial charge in [0.25, 0.3) is 5.91 Å². The molecule has 3 rings (SSSR count). The number of benzene rings is 1. The number of rotatable bonds is 5. The summed E-state index contributed by atoms with van der Waals surface area (Å²) in [7, 11) is -2.98. The Morgan fingerprint density at radius 2 is 2.00 bits per heavy atom. The van der Waals surface area contributed by atoms with E-state index in [0.29, 0.717) is 18.8 Å². The van der Waals surface area contributed by atoms with E-state index < -0.39 is 9.84 Å². The van der Waals surface area contributed by atoms with Gasteiger partial charge in [0.15, 0.2) is 21.3 Å². The van der Waals surface area contributed by atoms with E-state index >= 15 is 0 Å². The molecule has 0 radical (unpaired) electrons. The average molecular weight is 388 g/mol. The van der Waals surface area contributed by atoms with Gasteiger partial charge in [-0.05, 0) is 56.5 Å². The van der Waals surface area contributed by atoms with Gasteiger partial charge in [-0.1, -0.05) is 12.1 Å². The zero-order chi connectivity index (χ0) is 19.6. The Morgan fingerprint density at radius 1 is 1.22 bits per heavy atom. The Kier molecular flexibility index (Phi) is 5.46. The minimum atomic E-state index is -2.98. The van der Waals surface area contributed by atoms with E-state index in [2.05, 4.69) is 15.5 Å². The molecule has 1 unspecified atom stereocenters. The molecule has 2 heterocycles. The van der Waals surface area contributed by atoms with Gasteiger partial charge in [-0.15, -0.1) is 10.2 Å². The Labute approximate surface area is 159 Å². The van der Waals surface area contributed by atoms with Crippen LogP contribution in [0, 0.1) is 13.8 Å². The quantitative estimate of drug-likeness (QED) is 0.845. The molecule has 1 N–H and O–H groups in total. The lowest BCUT2D eigenvalue weighted by atomic mass is 10.1. The number of hydrogen-bond acceptors (Lipinski definition) is 6. The zero-order valence-electron chi connectivity index (χ0n) is 15.8. The van der Waals surface area contributed by atoms with E-state index in [1.165, 1.54) is 0 Å². The summed E-state index contributed by atoms with van der Waals surface area (Å²) >= 11 is 0. The standard InChI is InChI=1S/C19H24N4O3S/c1-4-23(15-10-11-27(25,26)12-15)18-9-8-17(21-22-18)19(24)20-16-7-5-6-13(2)14(16)3/h5-9,15H,4,10-12H2,1-3H3,(H,20,24). The van der Waals surface area contributed by atoms with Crippen LogP contribution in [0.4, 0.5) is 11.5 Å². The Balaban J connectivity index is 1.74. The summed E-state index contributed by atoms with van der Waals surface area (Å²) in [6.45, 7) is 6.52. The van der Waals surface area contributed by atoms with Crippen molar-refractivity contribution in [2.45, 2.75) is 33.2 Å². The molecule has 1 aliphatic heterocycles. The van der Waals surface area contributed by atoms with Crippen molar-refractivity contribution < 1.29 is 13.2 Å². The van der Waals surface area contributed by atoms with Crippen molar-refractivity contribution >= 4 is 27.2 Å². The third kappa shape index (κ3) is 4.27. The molecular weight excluding hydrogens is 364 g/mol. The molecule has 1 fully saturated rings. The van der Waals surface area contributed by atoms with Crippen LogP contribution in [0.3, 0.4) is 0 Å². The number of carbonyl (C=O) groups is 1. The number of aromatic nitrogens is 2. The van der Waals surface area contributed by atoms with Gasteiger partial charge in [0.05, 0.1) is 11.5 Å². The molecule has 0 spiro atoms.